The largest absolute Gasteiger partial charge is 0.481 e. The van der Waals surface area contributed by atoms with Gasteiger partial charge in [-0.15, -0.1) is 10.2 Å². The van der Waals surface area contributed by atoms with Gasteiger partial charge in [0.1, 0.15) is 0 Å². The first-order chi connectivity index (χ1) is 9.67. The number of rotatable bonds is 5. The number of aromatic amines is 1. The molecule has 0 amide bonds. The number of carboxylic acid groups (broad SMARTS) is 1. The summed E-state index contributed by atoms with van der Waals surface area (Å²) in [5.74, 6) is 0.156. The highest BCUT2D eigenvalue weighted by Crippen LogP contribution is 2.43. The van der Waals surface area contributed by atoms with Crippen LogP contribution in [0.1, 0.15) is 38.0 Å². The highest BCUT2D eigenvalue weighted by molar-refractivity contribution is 5.67. The van der Waals surface area contributed by atoms with Gasteiger partial charge < -0.3 is 9.52 Å². The maximum atomic E-state index is 11.1. The molecule has 0 spiro atoms. The molecule has 106 valence electrons. The molecule has 2 aromatic rings. The predicted octanol–water partition coefficient (Wildman–Crippen LogP) is 2.04. The molecule has 1 aliphatic rings. The van der Waals surface area contributed by atoms with Crippen molar-refractivity contribution in [2.75, 3.05) is 0 Å². The third kappa shape index (κ3) is 2.56. The van der Waals surface area contributed by atoms with Crippen LogP contribution in [0.3, 0.4) is 0 Å². The van der Waals surface area contributed by atoms with Crippen LogP contribution in [0.2, 0.25) is 0 Å². The van der Waals surface area contributed by atoms with Gasteiger partial charge >= 0.3 is 5.97 Å². The Morgan fingerprint density at radius 2 is 2.20 bits per heavy atom. The summed E-state index contributed by atoms with van der Waals surface area (Å²) in [6.07, 6.45) is 7.93. The molecule has 7 nitrogen and oxygen atoms in total. The Hall–Kier alpha value is -2.18. The molecule has 0 bridgehead atoms. The van der Waals surface area contributed by atoms with E-state index in [4.69, 9.17) is 9.52 Å². The second-order valence-corrected chi connectivity index (χ2v) is 5.44. The number of aromatic nitrogens is 4. The van der Waals surface area contributed by atoms with Crippen LogP contribution in [-0.4, -0.2) is 31.5 Å². The molecule has 0 saturated heterocycles. The number of aliphatic carboxylic acids is 1. The van der Waals surface area contributed by atoms with Gasteiger partial charge in [0.15, 0.2) is 0 Å². The number of hydrogen-bond donors (Lipinski definition) is 2. The standard InChI is InChI=1S/C13H16N4O3/c18-11(19)6-13(3-1-2-4-13)5-10-16-17-12(20-10)9-7-14-15-8-9/h7-8H,1-6H2,(H,14,15)(H,18,19). The molecule has 0 aromatic carbocycles. The Balaban J connectivity index is 1.77. The average molecular weight is 276 g/mol. The lowest BCUT2D eigenvalue weighted by Gasteiger charge is -2.24. The molecule has 0 atom stereocenters. The lowest BCUT2D eigenvalue weighted by atomic mass is 9.79. The summed E-state index contributed by atoms with van der Waals surface area (Å²) in [4.78, 5) is 11.1. The number of H-pyrrole nitrogens is 1. The first-order valence-electron chi connectivity index (χ1n) is 6.70. The molecule has 2 N–H and O–H groups in total. The minimum absolute atomic E-state index is 0.163. The molecule has 2 aromatic heterocycles. The smallest absolute Gasteiger partial charge is 0.303 e. The molecule has 1 saturated carbocycles. The summed E-state index contributed by atoms with van der Waals surface area (Å²) < 4.78 is 5.62. The molecule has 0 aliphatic heterocycles. The van der Waals surface area contributed by atoms with Crippen LogP contribution in [0, 0.1) is 5.41 Å². The summed E-state index contributed by atoms with van der Waals surface area (Å²) in [6.45, 7) is 0. The van der Waals surface area contributed by atoms with E-state index in [1.807, 2.05) is 0 Å². The van der Waals surface area contributed by atoms with E-state index in [1.165, 1.54) is 0 Å². The topological polar surface area (TPSA) is 105 Å². The van der Waals surface area contributed by atoms with Crippen LogP contribution in [0.5, 0.6) is 0 Å². The van der Waals surface area contributed by atoms with Gasteiger partial charge in [-0.2, -0.15) is 5.10 Å². The molecule has 1 aliphatic carbocycles. The van der Waals surface area contributed by atoms with Crippen molar-refractivity contribution in [3.8, 4) is 11.5 Å². The maximum absolute atomic E-state index is 11.1. The fourth-order valence-corrected chi connectivity index (χ4v) is 2.99. The molecule has 0 unspecified atom stereocenters. The second kappa shape index (κ2) is 5.07. The lowest BCUT2D eigenvalue weighted by molar-refractivity contribution is -0.139. The van der Waals surface area contributed by atoms with Crippen molar-refractivity contribution in [3.63, 3.8) is 0 Å². The Bertz CT molecular complexity index is 585. The van der Waals surface area contributed by atoms with E-state index in [2.05, 4.69) is 20.4 Å². The quantitative estimate of drug-likeness (QED) is 0.865. The van der Waals surface area contributed by atoms with Gasteiger partial charge in [0.25, 0.3) is 5.89 Å². The zero-order chi connectivity index (χ0) is 14.0. The Kier molecular flexibility index (Phi) is 3.25. The monoisotopic (exact) mass is 276 g/mol. The van der Waals surface area contributed by atoms with Crippen LogP contribution in [-0.2, 0) is 11.2 Å². The third-order valence-corrected chi connectivity index (χ3v) is 3.93. The molecule has 2 heterocycles. The van der Waals surface area contributed by atoms with Crippen molar-refractivity contribution in [2.24, 2.45) is 5.41 Å². The average Bonchev–Trinajstić information content (AvgIpc) is 3.08. The molecular weight excluding hydrogens is 260 g/mol. The van der Waals surface area contributed by atoms with Gasteiger partial charge in [0, 0.05) is 12.6 Å². The molecule has 3 rings (SSSR count). The van der Waals surface area contributed by atoms with Crippen LogP contribution in [0.4, 0.5) is 0 Å². The molecule has 20 heavy (non-hydrogen) atoms. The summed E-state index contributed by atoms with van der Waals surface area (Å²) in [5, 5.41) is 23.6. The predicted molar refractivity (Wildman–Crippen MR) is 68.7 cm³/mol. The van der Waals surface area contributed by atoms with E-state index in [9.17, 15) is 4.79 Å². The zero-order valence-electron chi connectivity index (χ0n) is 11.0. The number of nitrogens with one attached hydrogen (secondary N) is 1. The minimum Gasteiger partial charge on any atom is -0.481 e. The van der Waals surface area contributed by atoms with Gasteiger partial charge in [-0.3, -0.25) is 9.89 Å². The number of hydrogen-bond acceptors (Lipinski definition) is 5. The third-order valence-electron chi connectivity index (χ3n) is 3.93. The highest BCUT2D eigenvalue weighted by atomic mass is 16.4. The molecular formula is C13H16N4O3. The Labute approximate surface area is 115 Å². The van der Waals surface area contributed by atoms with Gasteiger partial charge in [0.2, 0.25) is 5.89 Å². The van der Waals surface area contributed by atoms with Crippen molar-refractivity contribution in [1.29, 1.82) is 0 Å². The number of nitrogens with zero attached hydrogens (tertiary/aromatic N) is 3. The van der Waals surface area contributed by atoms with Crippen LogP contribution in [0.25, 0.3) is 11.5 Å². The maximum Gasteiger partial charge on any atom is 0.303 e. The van der Waals surface area contributed by atoms with E-state index in [0.717, 1.165) is 31.2 Å². The molecule has 7 heteroatoms. The highest BCUT2D eigenvalue weighted by Gasteiger charge is 2.37. The van der Waals surface area contributed by atoms with E-state index < -0.39 is 5.97 Å². The second-order valence-electron chi connectivity index (χ2n) is 5.44. The fraction of sp³-hybridized carbons (Fsp3) is 0.538. The van der Waals surface area contributed by atoms with Crippen LogP contribution in [0.15, 0.2) is 16.8 Å². The van der Waals surface area contributed by atoms with Crippen LogP contribution < -0.4 is 0 Å². The number of carboxylic acids is 1. The van der Waals surface area contributed by atoms with Crippen molar-refractivity contribution < 1.29 is 14.3 Å². The minimum atomic E-state index is -0.763. The van der Waals surface area contributed by atoms with Gasteiger partial charge in [-0.05, 0) is 18.3 Å². The van der Waals surface area contributed by atoms with Crippen LogP contribution >= 0.6 is 0 Å². The lowest BCUT2D eigenvalue weighted by Crippen LogP contribution is -2.23. The molecule has 0 radical (unpaired) electrons. The van der Waals surface area contributed by atoms with Crippen molar-refractivity contribution in [1.82, 2.24) is 20.4 Å². The zero-order valence-corrected chi connectivity index (χ0v) is 11.0. The van der Waals surface area contributed by atoms with E-state index >= 15 is 0 Å². The van der Waals surface area contributed by atoms with Gasteiger partial charge in [-0.25, -0.2) is 0 Å². The normalized spacial score (nSPS) is 17.4. The fourth-order valence-electron chi connectivity index (χ4n) is 2.99. The summed E-state index contributed by atoms with van der Waals surface area (Å²) in [7, 11) is 0. The summed E-state index contributed by atoms with van der Waals surface area (Å²) in [5.41, 5.74) is 0.508. The first kappa shape index (κ1) is 12.8. The van der Waals surface area contributed by atoms with Gasteiger partial charge in [-0.1, -0.05) is 12.8 Å². The van der Waals surface area contributed by atoms with Crippen molar-refractivity contribution in [2.45, 2.75) is 38.5 Å². The first-order valence-corrected chi connectivity index (χ1v) is 6.70. The SMILES string of the molecule is O=C(O)CC1(Cc2nnc(-c3cn[nH]c3)o2)CCCC1. The summed E-state index contributed by atoms with van der Waals surface area (Å²) >= 11 is 0. The number of carbonyl (C=O) groups is 1. The molecule has 1 fully saturated rings. The Morgan fingerprint density at radius 3 is 2.85 bits per heavy atom. The van der Waals surface area contributed by atoms with Gasteiger partial charge in [0.05, 0.1) is 18.2 Å². The van der Waals surface area contributed by atoms with E-state index in [-0.39, 0.29) is 11.8 Å². The van der Waals surface area contributed by atoms with E-state index in [0.29, 0.717) is 18.2 Å². The summed E-state index contributed by atoms with van der Waals surface area (Å²) in [6, 6.07) is 0. The van der Waals surface area contributed by atoms with Crippen molar-refractivity contribution in [3.05, 3.63) is 18.3 Å². The Morgan fingerprint density at radius 1 is 1.40 bits per heavy atom. The van der Waals surface area contributed by atoms with E-state index in [1.54, 1.807) is 12.4 Å². The van der Waals surface area contributed by atoms with Crippen molar-refractivity contribution >= 4 is 5.97 Å².